The predicted octanol–water partition coefficient (Wildman–Crippen LogP) is 4.11. The third-order valence-electron chi connectivity index (χ3n) is 9.95. The van der Waals surface area contributed by atoms with Crippen molar-refractivity contribution >= 4 is 17.5 Å². The number of benzene rings is 1. The Balaban J connectivity index is 1.39. The Bertz CT molecular complexity index is 1870. The number of anilines is 1. The second kappa shape index (κ2) is 13.4. The van der Waals surface area contributed by atoms with Crippen molar-refractivity contribution in [3.05, 3.63) is 79.9 Å². The van der Waals surface area contributed by atoms with E-state index in [1.165, 1.54) is 6.92 Å². The summed E-state index contributed by atoms with van der Waals surface area (Å²) in [6.45, 7) is 7.06. The zero-order valence-corrected chi connectivity index (χ0v) is 28.4. The van der Waals surface area contributed by atoms with Gasteiger partial charge in [0.05, 0.1) is 33.1 Å². The van der Waals surface area contributed by atoms with Gasteiger partial charge < -0.3 is 34.3 Å². The Morgan fingerprint density at radius 1 is 0.938 bits per heavy atom. The Morgan fingerprint density at radius 3 is 2.40 bits per heavy atom. The summed E-state index contributed by atoms with van der Waals surface area (Å²) in [7, 11) is 4.68. The lowest BCUT2D eigenvalue weighted by atomic mass is 9.82. The molecule has 0 saturated carbocycles. The summed E-state index contributed by atoms with van der Waals surface area (Å²) >= 11 is 0. The normalized spacial score (nSPS) is 20.0. The van der Waals surface area contributed by atoms with Gasteiger partial charge in [0, 0.05) is 49.8 Å². The number of carbonyl (C=O) groups is 2. The average molecular weight is 657 g/mol. The maximum Gasteiger partial charge on any atom is 0.250 e. The molecule has 3 aromatic rings. The molecule has 6 rings (SSSR count). The van der Waals surface area contributed by atoms with Crippen LogP contribution in [0.1, 0.15) is 62.4 Å². The van der Waals surface area contributed by atoms with E-state index >= 15 is 0 Å². The molecule has 11 nitrogen and oxygen atoms in total. The van der Waals surface area contributed by atoms with Gasteiger partial charge in [0.2, 0.25) is 23.0 Å². The molecule has 2 aliphatic heterocycles. The molecule has 4 atom stereocenters. The minimum atomic E-state index is -0.658. The largest absolute Gasteiger partial charge is 0.493 e. The number of pyridine rings is 1. The number of hydrogen-bond donors (Lipinski definition) is 2. The molecule has 1 fully saturated rings. The molecule has 0 spiro atoms. The monoisotopic (exact) mass is 656 g/mol. The number of carbonyl (C=O) groups excluding carboxylic acids is 2. The third kappa shape index (κ3) is 6.02. The van der Waals surface area contributed by atoms with Gasteiger partial charge in [-0.25, -0.2) is 0 Å². The van der Waals surface area contributed by atoms with Crippen molar-refractivity contribution in [2.24, 2.45) is 11.8 Å². The lowest BCUT2D eigenvalue weighted by molar-refractivity contribution is -0.135. The molecule has 1 saturated heterocycles. The number of hydrogen-bond acceptors (Lipinski definition) is 8. The topological polar surface area (TPSA) is 128 Å². The van der Waals surface area contributed by atoms with Crippen molar-refractivity contribution in [3.63, 3.8) is 0 Å². The number of piperidine rings is 1. The second-order valence-corrected chi connectivity index (χ2v) is 13.4. The number of nitrogens with zero attached hydrogens (tertiary/aromatic N) is 2. The number of aromatic nitrogens is 1. The van der Waals surface area contributed by atoms with Gasteiger partial charge in [-0.2, -0.15) is 0 Å². The van der Waals surface area contributed by atoms with Crippen LogP contribution in [0.5, 0.6) is 17.2 Å². The van der Waals surface area contributed by atoms with Gasteiger partial charge >= 0.3 is 0 Å². The maximum atomic E-state index is 14.2. The van der Waals surface area contributed by atoms with Crippen LogP contribution in [0.2, 0.25) is 0 Å². The number of likely N-dealkylation sites (tertiary alicyclic amines) is 1. The van der Waals surface area contributed by atoms with E-state index in [0.29, 0.717) is 55.3 Å². The minimum absolute atomic E-state index is 0.000546. The fourth-order valence-electron chi connectivity index (χ4n) is 7.78. The van der Waals surface area contributed by atoms with Gasteiger partial charge in [-0.1, -0.05) is 26.0 Å². The fraction of sp³-hybridized carbons (Fsp3) is 0.459. The number of methoxy groups -OCH3 is 3. The quantitative estimate of drug-likeness (QED) is 0.371. The minimum Gasteiger partial charge on any atom is -0.493 e. The van der Waals surface area contributed by atoms with Crippen molar-refractivity contribution in [2.75, 3.05) is 39.7 Å². The van der Waals surface area contributed by atoms with E-state index in [9.17, 15) is 19.2 Å². The maximum absolute atomic E-state index is 14.2. The van der Waals surface area contributed by atoms with Crippen molar-refractivity contribution < 1.29 is 23.8 Å². The summed E-state index contributed by atoms with van der Waals surface area (Å²) in [6.07, 6.45) is 2.08. The zero-order valence-electron chi connectivity index (χ0n) is 28.4. The number of ether oxygens (including phenoxy) is 3. The number of nitrogens with one attached hydrogen (secondary N) is 2. The van der Waals surface area contributed by atoms with Crippen LogP contribution in [0, 0.1) is 11.8 Å². The first-order valence-corrected chi connectivity index (χ1v) is 16.6. The Labute approximate surface area is 280 Å². The first-order valence-electron chi connectivity index (χ1n) is 16.6. The molecular weight excluding hydrogens is 612 g/mol. The molecule has 1 aromatic heterocycles. The van der Waals surface area contributed by atoms with E-state index < -0.39 is 12.1 Å². The second-order valence-electron chi connectivity index (χ2n) is 13.4. The summed E-state index contributed by atoms with van der Waals surface area (Å²) in [5.41, 5.74) is 4.02. The molecular formula is C37H44N4O7. The van der Waals surface area contributed by atoms with Crippen LogP contribution >= 0.6 is 0 Å². The summed E-state index contributed by atoms with van der Waals surface area (Å²) < 4.78 is 19.1. The van der Waals surface area contributed by atoms with Crippen LogP contribution in [-0.2, 0) is 22.6 Å². The lowest BCUT2D eigenvalue weighted by Gasteiger charge is -2.44. The van der Waals surface area contributed by atoms with Crippen LogP contribution < -0.4 is 35.8 Å². The first kappa shape index (κ1) is 33.1. The average Bonchev–Trinajstić information content (AvgIpc) is 3.30. The molecule has 2 amide bonds. The van der Waals surface area contributed by atoms with Gasteiger partial charge in [-0.3, -0.25) is 19.2 Å². The van der Waals surface area contributed by atoms with Gasteiger partial charge in [-0.15, -0.1) is 0 Å². The molecule has 3 heterocycles. The molecule has 11 heteroatoms. The number of amides is 2. The third-order valence-corrected chi connectivity index (χ3v) is 9.95. The van der Waals surface area contributed by atoms with Crippen LogP contribution in [0.25, 0.3) is 11.1 Å². The van der Waals surface area contributed by atoms with E-state index in [0.717, 1.165) is 28.8 Å². The van der Waals surface area contributed by atoms with E-state index in [2.05, 4.69) is 10.6 Å². The standard InChI is InChI=1S/C37H44N4O7/c1-20(2)34(37(45)40-17-22-14-24(19-40)29-8-7-9-32(44)41(29)18-22)39-28-13-11-25-26(16-30(28)43)27(38-21(3)42)12-10-23-15-31(46-4)35(47-5)36(48-6)33(23)25/h7-9,11,13,15-16,20,22,24,27,34H,10,12,14,17-19H2,1-6H3,(H,38,42)(H,39,43)/t22?,24?,27-,34-/m0/s1. The van der Waals surface area contributed by atoms with Gasteiger partial charge in [-0.05, 0) is 72.1 Å². The molecule has 3 aliphatic rings. The van der Waals surface area contributed by atoms with Gasteiger partial charge in [0.15, 0.2) is 11.5 Å². The molecule has 2 N–H and O–H groups in total. The van der Waals surface area contributed by atoms with Crippen molar-refractivity contribution in [1.82, 2.24) is 14.8 Å². The van der Waals surface area contributed by atoms with E-state index in [4.69, 9.17) is 14.2 Å². The van der Waals surface area contributed by atoms with Crippen molar-refractivity contribution in [1.29, 1.82) is 0 Å². The zero-order chi connectivity index (χ0) is 34.3. The molecule has 2 bridgehead atoms. The SMILES string of the molecule is COc1cc2c(c(OC)c1OC)-c1ccc(N[C@H](C(=O)N3CC4CC(C3)c3cccc(=O)n3C4)C(C)C)c(=O)cc1[C@@H](NC(C)=O)CC2. The Morgan fingerprint density at radius 2 is 1.71 bits per heavy atom. The summed E-state index contributed by atoms with van der Waals surface area (Å²) in [6, 6.07) is 11.3. The summed E-state index contributed by atoms with van der Waals surface area (Å²) in [5, 5.41) is 6.36. The Hall–Kier alpha value is -4.80. The van der Waals surface area contributed by atoms with Crippen LogP contribution in [-0.4, -0.2) is 61.7 Å². The number of fused-ring (bicyclic) bond motifs is 7. The lowest BCUT2D eigenvalue weighted by Crippen LogP contribution is -2.54. The number of rotatable bonds is 8. The van der Waals surface area contributed by atoms with Gasteiger partial charge in [0.25, 0.3) is 5.56 Å². The summed E-state index contributed by atoms with van der Waals surface area (Å²) in [4.78, 5) is 55.0. The Kier molecular flexibility index (Phi) is 9.22. The van der Waals surface area contributed by atoms with E-state index in [1.54, 1.807) is 45.6 Å². The van der Waals surface area contributed by atoms with Crippen molar-refractivity contribution in [2.45, 2.75) is 64.6 Å². The highest BCUT2D eigenvalue weighted by atomic mass is 16.5. The van der Waals surface area contributed by atoms with Crippen LogP contribution in [0.4, 0.5) is 5.69 Å². The predicted molar refractivity (Wildman–Crippen MR) is 183 cm³/mol. The fourth-order valence-corrected chi connectivity index (χ4v) is 7.78. The first-order chi connectivity index (χ1) is 23.0. The molecule has 0 radical (unpaired) electrons. The molecule has 1 aliphatic carbocycles. The summed E-state index contributed by atoms with van der Waals surface area (Å²) in [5.74, 6) is 1.29. The van der Waals surface area contributed by atoms with Crippen LogP contribution in [0.3, 0.4) is 0 Å². The molecule has 2 aromatic carbocycles. The smallest absolute Gasteiger partial charge is 0.250 e. The highest BCUT2D eigenvalue weighted by Crippen LogP contribution is 2.50. The highest BCUT2D eigenvalue weighted by molar-refractivity contribution is 5.86. The molecule has 2 unspecified atom stereocenters. The molecule has 254 valence electrons. The van der Waals surface area contributed by atoms with E-state index in [-0.39, 0.29) is 46.2 Å². The van der Waals surface area contributed by atoms with Gasteiger partial charge in [0.1, 0.15) is 6.04 Å². The molecule has 48 heavy (non-hydrogen) atoms. The highest BCUT2D eigenvalue weighted by Gasteiger charge is 2.39. The number of aryl methyl sites for hydroxylation is 1. The van der Waals surface area contributed by atoms with Crippen LogP contribution in [0.15, 0.2) is 52.1 Å². The van der Waals surface area contributed by atoms with Crippen molar-refractivity contribution in [3.8, 4) is 28.4 Å². The van der Waals surface area contributed by atoms with E-state index in [1.807, 2.05) is 41.5 Å².